The standard InChI is InChI=1S/C25H25ClN4O4/c1-33-18-12-17(13-19(14-18)34-2)30-24(31)15-23(25(30)32)29-9-7-28(8-10-29)22-5-6-27-21-11-16(26)3-4-20(21)22/h3-6,11-14,23H,7-10,15H2,1-2H3. The lowest BCUT2D eigenvalue weighted by molar-refractivity contribution is -0.123. The van der Waals surface area contributed by atoms with Crippen LogP contribution in [0.2, 0.25) is 5.02 Å². The highest BCUT2D eigenvalue weighted by molar-refractivity contribution is 6.31. The summed E-state index contributed by atoms with van der Waals surface area (Å²) < 4.78 is 10.6. The molecule has 0 bridgehead atoms. The van der Waals surface area contributed by atoms with Gasteiger partial charge in [0.1, 0.15) is 11.5 Å². The third-order valence-corrected chi connectivity index (χ3v) is 6.73. The molecule has 2 aliphatic rings. The van der Waals surface area contributed by atoms with Crippen molar-refractivity contribution < 1.29 is 19.1 Å². The van der Waals surface area contributed by atoms with E-state index < -0.39 is 6.04 Å². The lowest BCUT2D eigenvalue weighted by Gasteiger charge is -2.38. The summed E-state index contributed by atoms with van der Waals surface area (Å²) >= 11 is 6.13. The highest BCUT2D eigenvalue weighted by Crippen LogP contribution is 2.33. The van der Waals surface area contributed by atoms with Gasteiger partial charge >= 0.3 is 0 Å². The van der Waals surface area contributed by atoms with Gasteiger partial charge in [0.25, 0.3) is 5.91 Å². The lowest BCUT2D eigenvalue weighted by Crippen LogP contribution is -2.52. The molecule has 34 heavy (non-hydrogen) atoms. The van der Waals surface area contributed by atoms with E-state index >= 15 is 0 Å². The maximum Gasteiger partial charge on any atom is 0.251 e. The topological polar surface area (TPSA) is 75.2 Å². The average molecular weight is 481 g/mol. The van der Waals surface area contributed by atoms with Gasteiger partial charge in [-0.15, -0.1) is 0 Å². The fourth-order valence-electron chi connectivity index (χ4n) is 4.75. The molecule has 2 aliphatic heterocycles. The Balaban J connectivity index is 1.32. The minimum absolute atomic E-state index is 0.162. The number of fused-ring (bicyclic) bond motifs is 1. The number of piperazine rings is 1. The number of amides is 2. The van der Waals surface area contributed by atoms with Crippen molar-refractivity contribution in [3.05, 3.63) is 53.7 Å². The summed E-state index contributed by atoms with van der Waals surface area (Å²) in [5.74, 6) is 0.623. The molecule has 3 aromatic rings. The molecule has 2 fully saturated rings. The number of nitrogens with zero attached hydrogens (tertiary/aromatic N) is 4. The van der Waals surface area contributed by atoms with Crippen LogP contribution < -0.4 is 19.3 Å². The fourth-order valence-corrected chi connectivity index (χ4v) is 4.92. The molecule has 1 atom stereocenters. The van der Waals surface area contributed by atoms with Crippen molar-refractivity contribution in [3.8, 4) is 11.5 Å². The number of benzene rings is 2. The summed E-state index contributed by atoms with van der Waals surface area (Å²) in [5, 5.41) is 1.70. The molecule has 0 aliphatic carbocycles. The number of ether oxygens (including phenoxy) is 2. The molecule has 2 aromatic carbocycles. The lowest BCUT2D eigenvalue weighted by atomic mass is 10.1. The summed E-state index contributed by atoms with van der Waals surface area (Å²) in [7, 11) is 3.07. The Labute approximate surface area is 202 Å². The van der Waals surface area contributed by atoms with Crippen molar-refractivity contribution in [1.82, 2.24) is 9.88 Å². The van der Waals surface area contributed by atoms with Crippen LogP contribution in [-0.2, 0) is 9.59 Å². The van der Waals surface area contributed by atoms with E-state index in [1.54, 1.807) is 24.4 Å². The van der Waals surface area contributed by atoms with Crippen molar-refractivity contribution in [3.63, 3.8) is 0 Å². The number of aromatic nitrogens is 1. The van der Waals surface area contributed by atoms with Gasteiger partial charge in [-0.25, -0.2) is 4.90 Å². The Hall–Kier alpha value is -3.36. The van der Waals surface area contributed by atoms with E-state index in [-0.39, 0.29) is 18.2 Å². The molecule has 1 aromatic heterocycles. The minimum Gasteiger partial charge on any atom is -0.497 e. The second kappa shape index (κ2) is 9.12. The first-order valence-corrected chi connectivity index (χ1v) is 11.5. The van der Waals surface area contributed by atoms with Gasteiger partial charge in [-0.1, -0.05) is 11.6 Å². The monoisotopic (exact) mass is 480 g/mol. The van der Waals surface area contributed by atoms with Gasteiger partial charge in [-0.2, -0.15) is 0 Å². The van der Waals surface area contributed by atoms with Crippen molar-refractivity contribution in [2.24, 2.45) is 0 Å². The highest BCUT2D eigenvalue weighted by Gasteiger charge is 2.43. The number of imide groups is 1. The zero-order valence-electron chi connectivity index (χ0n) is 19.0. The summed E-state index contributed by atoms with van der Waals surface area (Å²) in [5.41, 5.74) is 2.42. The zero-order chi connectivity index (χ0) is 23.8. The number of hydrogen-bond donors (Lipinski definition) is 0. The van der Waals surface area contributed by atoms with Gasteiger partial charge in [-0.05, 0) is 24.3 Å². The van der Waals surface area contributed by atoms with E-state index in [0.29, 0.717) is 35.3 Å². The third-order valence-electron chi connectivity index (χ3n) is 6.49. The van der Waals surface area contributed by atoms with Crippen molar-refractivity contribution in [2.75, 3.05) is 50.2 Å². The van der Waals surface area contributed by atoms with Gasteiger partial charge in [0, 0.05) is 66.7 Å². The molecule has 2 saturated heterocycles. The van der Waals surface area contributed by atoms with Crippen LogP contribution in [0.4, 0.5) is 11.4 Å². The molecular formula is C25H25ClN4O4. The Morgan fingerprint density at radius 2 is 1.65 bits per heavy atom. The number of halogens is 1. The Kier molecular flexibility index (Phi) is 6.02. The molecule has 0 spiro atoms. The first-order valence-electron chi connectivity index (χ1n) is 11.1. The molecule has 5 rings (SSSR count). The number of hydrogen-bond acceptors (Lipinski definition) is 7. The van der Waals surface area contributed by atoms with Crippen LogP contribution in [0.3, 0.4) is 0 Å². The second-order valence-corrected chi connectivity index (χ2v) is 8.81. The minimum atomic E-state index is -0.472. The number of methoxy groups -OCH3 is 2. The van der Waals surface area contributed by atoms with E-state index in [0.717, 1.165) is 29.7 Å². The number of rotatable bonds is 5. The van der Waals surface area contributed by atoms with E-state index in [1.165, 1.54) is 19.1 Å². The average Bonchev–Trinajstić information content (AvgIpc) is 3.16. The second-order valence-electron chi connectivity index (χ2n) is 8.37. The van der Waals surface area contributed by atoms with E-state index in [1.807, 2.05) is 24.3 Å². The predicted octanol–water partition coefficient (Wildman–Crippen LogP) is 3.36. The molecule has 0 N–H and O–H groups in total. The van der Waals surface area contributed by atoms with Gasteiger partial charge < -0.3 is 14.4 Å². The first kappa shape index (κ1) is 22.4. The van der Waals surface area contributed by atoms with Crippen molar-refractivity contribution >= 4 is 45.7 Å². The zero-order valence-corrected chi connectivity index (χ0v) is 19.8. The van der Waals surface area contributed by atoms with Crippen LogP contribution in [0.1, 0.15) is 6.42 Å². The summed E-state index contributed by atoms with van der Waals surface area (Å²) in [6.07, 6.45) is 1.95. The van der Waals surface area contributed by atoms with Crippen LogP contribution >= 0.6 is 11.6 Å². The van der Waals surface area contributed by atoms with Crippen LogP contribution in [0.15, 0.2) is 48.7 Å². The highest BCUT2D eigenvalue weighted by atomic mass is 35.5. The van der Waals surface area contributed by atoms with Gasteiger partial charge in [0.05, 0.1) is 37.9 Å². The van der Waals surface area contributed by atoms with E-state index in [9.17, 15) is 9.59 Å². The molecule has 2 amide bonds. The maximum atomic E-state index is 13.3. The fraction of sp³-hybridized carbons (Fsp3) is 0.320. The van der Waals surface area contributed by atoms with Crippen LogP contribution in [0, 0.1) is 0 Å². The number of anilines is 2. The molecule has 9 heteroatoms. The first-order chi connectivity index (χ1) is 16.5. The molecular weight excluding hydrogens is 456 g/mol. The largest absolute Gasteiger partial charge is 0.497 e. The molecule has 8 nitrogen and oxygen atoms in total. The van der Waals surface area contributed by atoms with E-state index in [4.69, 9.17) is 21.1 Å². The smallest absolute Gasteiger partial charge is 0.251 e. The Morgan fingerprint density at radius 3 is 2.32 bits per heavy atom. The normalized spacial score (nSPS) is 19.2. The number of pyridine rings is 1. The van der Waals surface area contributed by atoms with Gasteiger partial charge in [0.15, 0.2) is 0 Å². The van der Waals surface area contributed by atoms with Crippen LogP contribution in [-0.4, -0.2) is 68.1 Å². The van der Waals surface area contributed by atoms with Gasteiger partial charge in [0.2, 0.25) is 5.91 Å². The molecule has 176 valence electrons. The SMILES string of the molecule is COc1cc(OC)cc(N2C(=O)CC(N3CCN(c4ccnc5cc(Cl)ccc45)CC3)C2=O)c1. The summed E-state index contributed by atoms with van der Waals surface area (Å²) in [6.45, 7) is 2.84. The summed E-state index contributed by atoms with van der Waals surface area (Å²) in [6, 6.07) is 12.3. The number of carbonyl (C=O) groups is 2. The Morgan fingerprint density at radius 1 is 0.941 bits per heavy atom. The van der Waals surface area contributed by atoms with E-state index in [2.05, 4.69) is 14.8 Å². The Bertz CT molecular complexity index is 1240. The maximum absolute atomic E-state index is 13.3. The number of carbonyl (C=O) groups excluding carboxylic acids is 2. The third kappa shape index (κ3) is 4.03. The molecule has 0 saturated carbocycles. The predicted molar refractivity (Wildman–Crippen MR) is 131 cm³/mol. The van der Waals surface area contributed by atoms with Crippen LogP contribution in [0.5, 0.6) is 11.5 Å². The van der Waals surface area contributed by atoms with Crippen molar-refractivity contribution in [1.29, 1.82) is 0 Å². The van der Waals surface area contributed by atoms with Crippen LogP contribution in [0.25, 0.3) is 10.9 Å². The molecule has 3 heterocycles. The summed E-state index contributed by atoms with van der Waals surface area (Å²) in [4.78, 5) is 36.3. The molecule has 0 radical (unpaired) electrons. The van der Waals surface area contributed by atoms with Crippen molar-refractivity contribution in [2.45, 2.75) is 12.5 Å². The quantitative estimate of drug-likeness (QED) is 0.518. The molecule has 1 unspecified atom stereocenters. The van der Waals surface area contributed by atoms with Gasteiger partial charge in [-0.3, -0.25) is 19.5 Å².